The molecule has 0 aliphatic rings. The van der Waals surface area contributed by atoms with Crippen LogP contribution in [0.2, 0.25) is 0 Å². The van der Waals surface area contributed by atoms with Gasteiger partial charge in [0.1, 0.15) is 5.75 Å². The highest BCUT2D eigenvalue weighted by molar-refractivity contribution is 6.00. The number of ether oxygens (including phenoxy) is 2. The van der Waals surface area contributed by atoms with Crippen LogP contribution in [-0.2, 0) is 15.7 Å². The van der Waals surface area contributed by atoms with Crippen molar-refractivity contribution in [3.8, 4) is 5.75 Å². The van der Waals surface area contributed by atoms with Gasteiger partial charge in [-0.15, -0.1) is 0 Å². The molecule has 0 saturated heterocycles. The van der Waals surface area contributed by atoms with Crippen molar-refractivity contribution in [2.75, 3.05) is 18.2 Å². The third-order valence-electron chi connectivity index (χ3n) is 3.62. The van der Waals surface area contributed by atoms with Gasteiger partial charge in [-0.25, -0.2) is 4.79 Å². The van der Waals surface area contributed by atoms with Gasteiger partial charge in [0.25, 0.3) is 5.91 Å². The van der Waals surface area contributed by atoms with Crippen molar-refractivity contribution in [3.63, 3.8) is 0 Å². The standard InChI is InChI=1S/C18H17F3N2O4/c1-10(16(24)23-14-5-3-4-6-15(14)26-2)27-17(25)12-8-7-11(9-13(12)22)18(19,20)21/h3-10H,22H2,1-2H3,(H,23,24)/t10-/m0/s1. The van der Waals surface area contributed by atoms with E-state index >= 15 is 0 Å². The van der Waals surface area contributed by atoms with E-state index < -0.39 is 35.4 Å². The van der Waals surface area contributed by atoms with Crippen molar-refractivity contribution in [3.05, 3.63) is 53.6 Å². The first-order valence-corrected chi connectivity index (χ1v) is 7.75. The number of hydrogen-bond donors (Lipinski definition) is 2. The molecule has 0 heterocycles. The number of nitrogens with one attached hydrogen (secondary N) is 1. The molecule has 2 aromatic carbocycles. The highest BCUT2D eigenvalue weighted by Gasteiger charge is 2.31. The summed E-state index contributed by atoms with van der Waals surface area (Å²) in [5, 5.41) is 2.54. The van der Waals surface area contributed by atoms with Crippen molar-refractivity contribution in [1.29, 1.82) is 0 Å². The van der Waals surface area contributed by atoms with Gasteiger partial charge >= 0.3 is 12.1 Å². The van der Waals surface area contributed by atoms with Crippen LogP contribution in [0.1, 0.15) is 22.8 Å². The molecule has 144 valence electrons. The lowest BCUT2D eigenvalue weighted by Crippen LogP contribution is -2.30. The second-order valence-electron chi connectivity index (χ2n) is 5.54. The smallest absolute Gasteiger partial charge is 0.416 e. The molecule has 3 N–H and O–H groups in total. The number of alkyl halides is 3. The number of para-hydroxylation sites is 2. The molecule has 1 amide bonds. The lowest BCUT2D eigenvalue weighted by molar-refractivity contribution is -0.137. The van der Waals surface area contributed by atoms with Gasteiger partial charge in [-0.2, -0.15) is 13.2 Å². The predicted molar refractivity (Wildman–Crippen MR) is 92.4 cm³/mol. The second-order valence-corrected chi connectivity index (χ2v) is 5.54. The fraction of sp³-hybridized carbons (Fsp3) is 0.222. The summed E-state index contributed by atoms with van der Waals surface area (Å²) in [6.07, 6.45) is -5.80. The number of carbonyl (C=O) groups excluding carboxylic acids is 2. The maximum Gasteiger partial charge on any atom is 0.416 e. The lowest BCUT2D eigenvalue weighted by atomic mass is 10.1. The summed E-state index contributed by atoms with van der Waals surface area (Å²) < 4.78 is 48.0. The topological polar surface area (TPSA) is 90.6 Å². The Balaban J connectivity index is 2.08. The minimum absolute atomic E-state index is 0.264. The number of methoxy groups -OCH3 is 1. The Hall–Kier alpha value is -3.23. The van der Waals surface area contributed by atoms with Crippen molar-refractivity contribution in [2.24, 2.45) is 0 Å². The first-order valence-electron chi connectivity index (χ1n) is 7.75. The van der Waals surface area contributed by atoms with Crippen molar-refractivity contribution < 1.29 is 32.2 Å². The van der Waals surface area contributed by atoms with E-state index in [1.165, 1.54) is 14.0 Å². The SMILES string of the molecule is COc1ccccc1NC(=O)[C@H](C)OC(=O)c1ccc(C(F)(F)F)cc1N. The number of benzene rings is 2. The Morgan fingerprint density at radius 1 is 1.15 bits per heavy atom. The fourth-order valence-electron chi connectivity index (χ4n) is 2.18. The molecular weight excluding hydrogens is 365 g/mol. The number of nitrogens with two attached hydrogens (primary N) is 1. The van der Waals surface area contributed by atoms with Crippen LogP contribution >= 0.6 is 0 Å². The van der Waals surface area contributed by atoms with Crippen LogP contribution in [0.15, 0.2) is 42.5 Å². The van der Waals surface area contributed by atoms with Crippen LogP contribution in [0.4, 0.5) is 24.5 Å². The van der Waals surface area contributed by atoms with Crippen molar-refractivity contribution in [1.82, 2.24) is 0 Å². The first-order chi connectivity index (χ1) is 12.6. The van der Waals surface area contributed by atoms with Gasteiger partial charge in [-0.1, -0.05) is 12.1 Å². The van der Waals surface area contributed by atoms with Gasteiger partial charge in [0.05, 0.1) is 23.9 Å². The number of halogens is 3. The van der Waals surface area contributed by atoms with E-state index in [4.69, 9.17) is 15.2 Å². The summed E-state index contributed by atoms with van der Waals surface area (Å²) in [5.41, 5.74) is 4.24. The summed E-state index contributed by atoms with van der Waals surface area (Å²) in [6, 6.07) is 8.88. The number of nitrogen functional groups attached to an aromatic ring is 1. The second kappa shape index (κ2) is 7.98. The maximum atomic E-state index is 12.7. The summed E-state index contributed by atoms with van der Waals surface area (Å²) in [7, 11) is 1.43. The summed E-state index contributed by atoms with van der Waals surface area (Å²) in [5.74, 6) is -1.24. The summed E-state index contributed by atoms with van der Waals surface area (Å²) in [4.78, 5) is 24.3. The predicted octanol–water partition coefficient (Wildman–Crippen LogP) is 3.48. The van der Waals surface area contributed by atoms with E-state index in [1.807, 2.05) is 0 Å². The van der Waals surface area contributed by atoms with Crippen LogP contribution in [0.25, 0.3) is 0 Å². The summed E-state index contributed by atoms with van der Waals surface area (Å²) >= 11 is 0. The van der Waals surface area contributed by atoms with E-state index in [9.17, 15) is 22.8 Å². The quantitative estimate of drug-likeness (QED) is 0.610. The molecule has 2 aromatic rings. The molecular formula is C18H17F3N2O4. The van der Waals surface area contributed by atoms with E-state index in [2.05, 4.69) is 5.32 Å². The molecule has 0 saturated carbocycles. The lowest BCUT2D eigenvalue weighted by Gasteiger charge is -2.16. The van der Waals surface area contributed by atoms with Crippen molar-refractivity contribution >= 4 is 23.3 Å². The third-order valence-corrected chi connectivity index (χ3v) is 3.62. The van der Waals surface area contributed by atoms with Crippen LogP contribution in [-0.4, -0.2) is 25.1 Å². The largest absolute Gasteiger partial charge is 0.495 e. The van der Waals surface area contributed by atoms with Crippen LogP contribution in [0, 0.1) is 0 Å². The summed E-state index contributed by atoms with van der Waals surface area (Å²) in [6.45, 7) is 1.32. The molecule has 0 unspecified atom stereocenters. The van der Waals surface area contributed by atoms with Gasteiger partial charge in [0.2, 0.25) is 0 Å². The maximum absolute atomic E-state index is 12.7. The molecule has 0 fully saturated rings. The van der Waals surface area contributed by atoms with Gasteiger partial charge in [-0.05, 0) is 37.3 Å². The van der Waals surface area contributed by atoms with Crippen molar-refractivity contribution in [2.45, 2.75) is 19.2 Å². The molecule has 0 radical (unpaired) electrons. The molecule has 0 aliphatic heterocycles. The minimum Gasteiger partial charge on any atom is -0.495 e. The molecule has 2 rings (SSSR count). The number of anilines is 2. The molecule has 9 heteroatoms. The molecule has 0 aliphatic carbocycles. The number of esters is 1. The zero-order chi connectivity index (χ0) is 20.2. The Morgan fingerprint density at radius 3 is 2.41 bits per heavy atom. The first kappa shape index (κ1) is 20.1. The monoisotopic (exact) mass is 382 g/mol. The molecule has 1 atom stereocenters. The van der Waals surface area contributed by atoms with E-state index in [1.54, 1.807) is 24.3 Å². The van der Waals surface area contributed by atoms with E-state index in [0.29, 0.717) is 23.6 Å². The number of hydrogen-bond acceptors (Lipinski definition) is 5. The zero-order valence-electron chi connectivity index (χ0n) is 14.5. The van der Waals surface area contributed by atoms with Crippen LogP contribution in [0.3, 0.4) is 0 Å². The van der Waals surface area contributed by atoms with E-state index in [-0.39, 0.29) is 5.56 Å². The number of amides is 1. The Labute approximate surface area is 153 Å². The number of rotatable bonds is 5. The molecule has 0 aromatic heterocycles. The molecule has 0 spiro atoms. The average Bonchev–Trinajstić information content (AvgIpc) is 2.61. The minimum atomic E-state index is -4.58. The highest BCUT2D eigenvalue weighted by Crippen LogP contribution is 2.31. The van der Waals surface area contributed by atoms with Gasteiger partial charge < -0.3 is 20.5 Å². The number of carbonyl (C=O) groups is 2. The van der Waals surface area contributed by atoms with E-state index in [0.717, 1.165) is 6.07 Å². The van der Waals surface area contributed by atoms with Gasteiger partial charge in [0, 0.05) is 5.69 Å². The molecule has 6 nitrogen and oxygen atoms in total. The Kier molecular flexibility index (Phi) is 5.94. The van der Waals surface area contributed by atoms with Crippen LogP contribution in [0.5, 0.6) is 5.75 Å². The third kappa shape index (κ3) is 4.90. The fourth-order valence-corrected chi connectivity index (χ4v) is 2.18. The Bertz CT molecular complexity index is 853. The molecule has 0 bridgehead atoms. The van der Waals surface area contributed by atoms with Gasteiger partial charge in [-0.3, -0.25) is 4.79 Å². The zero-order valence-corrected chi connectivity index (χ0v) is 14.5. The van der Waals surface area contributed by atoms with Crippen LogP contribution < -0.4 is 15.8 Å². The normalized spacial score (nSPS) is 12.2. The Morgan fingerprint density at radius 2 is 1.81 bits per heavy atom. The highest BCUT2D eigenvalue weighted by atomic mass is 19.4. The van der Waals surface area contributed by atoms with Gasteiger partial charge in [0.15, 0.2) is 6.10 Å². The average molecular weight is 382 g/mol. The molecule has 27 heavy (non-hydrogen) atoms.